The van der Waals surface area contributed by atoms with Gasteiger partial charge in [0.15, 0.2) is 6.54 Å². The molecule has 0 saturated carbocycles. The predicted molar refractivity (Wildman–Crippen MR) is 124 cm³/mol. The van der Waals surface area contributed by atoms with E-state index in [4.69, 9.17) is 16.0 Å². The quantitative estimate of drug-likeness (QED) is 0.563. The number of carbonyl (C=O) groups is 4. The van der Waals surface area contributed by atoms with Crippen molar-refractivity contribution < 1.29 is 28.2 Å². The Morgan fingerprint density at radius 2 is 1.97 bits per heavy atom. The second-order valence-electron chi connectivity index (χ2n) is 7.67. The Morgan fingerprint density at radius 1 is 1.12 bits per heavy atom. The molecule has 0 radical (unpaired) electrons. The fraction of sp³-hybridized carbons (Fsp3) is 0.208. The first kappa shape index (κ1) is 23.2. The highest BCUT2D eigenvalue weighted by Crippen LogP contribution is 2.20. The molecular formula is C24H22ClN4O5+. The molecule has 2 N–H and O–H groups in total. The van der Waals surface area contributed by atoms with Crippen molar-refractivity contribution in [3.05, 3.63) is 77.7 Å². The molecule has 10 heteroatoms. The molecule has 1 aromatic heterocycles. The van der Waals surface area contributed by atoms with Gasteiger partial charge in [-0.3, -0.25) is 9.59 Å². The van der Waals surface area contributed by atoms with Gasteiger partial charge < -0.3 is 15.1 Å². The lowest BCUT2D eigenvalue weighted by atomic mass is 9.94. The Bertz CT molecular complexity index is 1220. The molecule has 2 aliphatic rings. The zero-order valence-electron chi connectivity index (χ0n) is 18.1. The first-order chi connectivity index (χ1) is 16.4. The number of benzene rings is 1. The van der Waals surface area contributed by atoms with E-state index < -0.39 is 23.8 Å². The van der Waals surface area contributed by atoms with Crippen molar-refractivity contribution in [3.63, 3.8) is 0 Å². The van der Waals surface area contributed by atoms with E-state index >= 15 is 0 Å². The lowest BCUT2D eigenvalue weighted by Gasteiger charge is -2.26. The number of halogens is 1. The van der Waals surface area contributed by atoms with Crippen molar-refractivity contribution in [1.82, 2.24) is 10.2 Å². The van der Waals surface area contributed by atoms with Crippen LogP contribution in [0.3, 0.4) is 0 Å². The van der Waals surface area contributed by atoms with E-state index in [1.807, 2.05) is 0 Å². The number of amides is 5. The molecule has 0 saturated heterocycles. The maximum absolute atomic E-state index is 13.2. The van der Waals surface area contributed by atoms with Gasteiger partial charge in [0.1, 0.15) is 23.9 Å². The van der Waals surface area contributed by atoms with Crippen molar-refractivity contribution in [3.8, 4) is 0 Å². The number of hydrogen-bond donors (Lipinski definition) is 2. The summed E-state index contributed by atoms with van der Waals surface area (Å²) in [6, 6.07) is 9.43. The summed E-state index contributed by atoms with van der Waals surface area (Å²) < 4.78 is 6.43. The molecule has 34 heavy (non-hydrogen) atoms. The first-order valence-electron chi connectivity index (χ1n) is 10.6. The SMILES string of the molecule is O=C(CCN1C(=O)C2C=CC=CC2=[N+](CC(=O)Nc2cccc(Cl)c2)C1=O)NCc1ccco1. The molecule has 0 fully saturated rings. The van der Waals surface area contributed by atoms with Crippen LogP contribution in [0, 0.1) is 5.92 Å². The maximum Gasteiger partial charge on any atom is 0.501 e. The van der Waals surface area contributed by atoms with Crippen molar-refractivity contribution >= 4 is 46.8 Å². The van der Waals surface area contributed by atoms with Crippen molar-refractivity contribution in [1.29, 1.82) is 0 Å². The summed E-state index contributed by atoms with van der Waals surface area (Å²) in [7, 11) is 0. The molecule has 174 valence electrons. The average Bonchev–Trinajstić information content (AvgIpc) is 3.34. The van der Waals surface area contributed by atoms with E-state index in [0.29, 0.717) is 22.2 Å². The van der Waals surface area contributed by atoms with Crippen LogP contribution in [0.2, 0.25) is 5.02 Å². The summed E-state index contributed by atoms with van der Waals surface area (Å²) >= 11 is 5.96. The van der Waals surface area contributed by atoms with Crippen LogP contribution in [0.5, 0.6) is 0 Å². The van der Waals surface area contributed by atoms with Crippen LogP contribution < -0.4 is 10.6 Å². The first-order valence-corrected chi connectivity index (χ1v) is 11.0. The summed E-state index contributed by atoms with van der Waals surface area (Å²) in [4.78, 5) is 52.1. The summed E-state index contributed by atoms with van der Waals surface area (Å²) in [6.45, 7) is -0.211. The third-order valence-electron chi connectivity index (χ3n) is 5.32. The molecule has 1 aromatic carbocycles. The lowest BCUT2D eigenvalue weighted by molar-refractivity contribution is -0.427. The Labute approximate surface area is 200 Å². The molecule has 1 aliphatic carbocycles. The number of rotatable bonds is 8. The van der Waals surface area contributed by atoms with Crippen LogP contribution in [0.1, 0.15) is 12.2 Å². The largest absolute Gasteiger partial charge is 0.501 e. The number of anilines is 1. The van der Waals surface area contributed by atoms with Gasteiger partial charge in [-0.1, -0.05) is 35.9 Å². The van der Waals surface area contributed by atoms with Gasteiger partial charge in [0, 0.05) is 10.7 Å². The third kappa shape index (κ3) is 5.32. The van der Waals surface area contributed by atoms with Gasteiger partial charge >= 0.3 is 11.9 Å². The number of nitrogens with one attached hydrogen (secondary N) is 2. The van der Waals surface area contributed by atoms with Gasteiger partial charge in [0.2, 0.25) is 5.91 Å². The molecule has 2 heterocycles. The van der Waals surface area contributed by atoms with Gasteiger partial charge in [-0.2, -0.15) is 14.3 Å². The van der Waals surface area contributed by atoms with E-state index in [9.17, 15) is 19.2 Å². The molecule has 1 atom stereocenters. The smallest absolute Gasteiger partial charge is 0.467 e. The van der Waals surface area contributed by atoms with E-state index in [-0.39, 0.29) is 32.0 Å². The fourth-order valence-electron chi connectivity index (χ4n) is 3.69. The second-order valence-corrected chi connectivity index (χ2v) is 8.11. The van der Waals surface area contributed by atoms with Crippen LogP contribution in [0.4, 0.5) is 10.5 Å². The number of nitrogens with zero attached hydrogens (tertiary/aromatic N) is 2. The number of urea groups is 1. The van der Waals surface area contributed by atoms with Crippen molar-refractivity contribution in [2.45, 2.75) is 13.0 Å². The minimum Gasteiger partial charge on any atom is -0.467 e. The van der Waals surface area contributed by atoms with Gasteiger partial charge in [0.25, 0.3) is 5.91 Å². The summed E-state index contributed by atoms with van der Waals surface area (Å²) in [5, 5.41) is 5.85. The maximum atomic E-state index is 13.2. The third-order valence-corrected chi connectivity index (χ3v) is 5.55. The Morgan fingerprint density at radius 3 is 2.74 bits per heavy atom. The highest BCUT2D eigenvalue weighted by atomic mass is 35.5. The average molecular weight is 482 g/mol. The monoisotopic (exact) mass is 481 g/mol. The molecule has 5 amide bonds. The number of carbonyl (C=O) groups excluding carboxylic acids is 4. The van der Waals surface area contributed by atoms with Crippen LogP contribution in [-0.4, -0.2) is 52.0 Å². The zero-order chi connectivity index (χ0) is 24.1. The highest BCUT2D eigenvalue weighted by molar-refractivity contribution is 6.30. The number of furan rings is 1. The Kier molecular flexibility index (Phi) is 7.03. The minimum atomic E-state index is -0.715. The van der Waals surface area contributed by atoms with Crippen LogP contribution in [0.15, 0.2) is 71.4 Å². The fourth-order valence-corrected chi connectivity index (χ4v) is 3.88. The van der Waals surface area contributed by atoms with Crippen LogP contribution in [-0.2, 0) is 20.9 Å². The molecule has 4 rings (SSSR count). The van der Waals surface area contributed by atoms with E-state index in [1.165, 1.54) is 10.8 Å². The van der Waals surface area contributed by atoms with E-state index in [0.717, 1.165) is 4.90 Å². The van der Waals surface area contributed by atoms with Gasteiger partial charge in [-0.05, 0) is 36.4 Å². The Balaban J connectivity index is 1.45. The second kappa shape index (κ2) is 10.3. The predicted octanol–water partition coefficient (Wildman–Crippen LogP) is 2.74. The van der Waals surface area contributed by atoms with Gasteiger partial charge in [-0.25, -0.2) is 4.79 Å². The number of imide groups is 1. The summed E-state index contributed by atoms with van der Waals surface area (Å²) in [5.41, 5.74) is 0.904. The molecule has 1 unspecified atom stereocenters. The standard InChI is InChI=1S/C24H21ClN4O5/c25-16-5-3-6-17(13-16)27-22(31)15-29-20-9-2-1-8-19(20)23(32)28(24(29)33)11-10-21(30)26-14-18-7-4-12-34-18/h1-9,12-13,19H,10-11,14-15H2,(H-,26,27,30,31)/p+1. The molecule has 0 bridgehead atoms. The lowest BCUT2D eigenvalue weighted by Crippen LogP contribution is -2.56. The van der Waals surface area contributed by atoms with E-state index in [1.54, 1.807) is 60.7 Å². The number of fused-ring (bicyclic) bond motifs is 1. The highest BCUT2D eigenvalue weighted by Gasteiger charge is 2.47. The minimum absolute atomic E-state index is 0.0810. The Hall–Kier alpha value is -3.98. The molecule has 1 aliphatic heterocycles. The van der Waals surface area contributed by atoms with Crippen molar-refractivity contribution in [2.75, 3.05) is 18.4 Å². The summed E-state index contributed by atoms with van der Waals surface area (Å²) in [6.07, 6.45) is 8.13. The normalized spacial score (nSPS) is 17.1. The van der Waals surface area contributed by atoms with Gasteiger partial charge in [-0.15, -0.1) is 0 Å². The van der Waals surface area contributed by atoms with E-state index in [2.05, 4.69) is 10.6 Å². The summed E-state index contributed by atoms with van der Waals surface area (Å²) in [5.74, 6) is -1.35. The molecule has 0 spiro atoms. The molecular weight excluding hydrogens is 460 g/mol. The van der Waals surface area contributed by atoms with Crippen molar-refractivity contribution in [2.24, 2.45) is 5.92 Å². The number of hydrogen-bond acceptors (Lipinski definition) is 5. The van der Waals surface area contributed by atoms with Gasteiger partial charge in [0.05, 0.1) is 19.2 Å². The molecule has 2 aromatic rings. The topological polar surface area (TPSA) is 112 Å². The van der Waals surface area contributed by atoms with Crippen LogP contribution in [0.25, 0.3) is 0 Å². The number of allylic oxidation sites excluding steroid dienone is 3. The van der Waals surface area contributed by atoms with Crippen LogP contribution >= 0.6 is 11.6 Å². The molecule has 9 nitrogen and oxygen atoms in total. The zero-order valence-corrected chi connectivity index (χ0v) is 18.8.